The van der Waals surface area contributed by atoms with Crippen LogP contribution in [0.15, 0.2) is 36.0 Å². The Kier molecular flexibility index (Phi) is 3.39. The first-order valence-electron chi connectivity index (χ1n) is 6.13. The third-order valence-corrected chi connectivity index (χ3v) is 3.86. The van der Waals surface area contributed by atoms with Crippen molar-refractivity contribution in [3.8, 4) is 5.75 Å². The monoisotopic (exact) mass is 286 g/mol. The van der Waals surface area contributed by atoms with E-state index in [9.17, 15) is 0 Å². The van der Waals surface area contributed by atoms with E-state index in [4.69, 9.17) is 4.74 Å². The van der Waals surface area contributed by atoms with Gasteiger partial charge in [0.05, 0.1) is 7.11 Å². The lowest BCUT2D eigenvalue weighted by Gasteiger charge is -2.12. The number of benzene rings is 1. The number of thiophene rings is 1. The predicted octanol–water partition coefficient (Wildman–Crippen LogP) is 3.49. The molecule has 3 rings (SSSR count). The molecule has 2 heterocycles. The molecular formula is C14H14N4OS. The Hall–Kier alpha value is -2.34. The molecule has 2 aromatic heterocycles. The molecule has 0 saturated heterocycles. The molecule has 6 heteroatoms. The molecule has 20 heavy (non-hydrogen) atoms. The first kappa shape index (κ1) is 12.7. The van der Waals surface area contributed by atoms with Gasteiger partial charge in [0.1, 0.15) is 6.33 Å². The van der Waals surface area contributed by atoms with Crippen molar-refractivity contribution in [2.45, 2.75) is 0 Å². The summed E-state index contributed by atoms with van der Waals surface area (Å²) in [5.74, 6) is 1.89. The normalized spacial score (nSPS) is 10.5. The van der Waals surface area contributed by atoms with E-state index in [-0.39, 0.29) is 0 Å². The fourth-order valence-electron chi connectivity index (χ4n) is 2.02. The highest BCUT2D eigenvalue weighted by Crippen LogP contribution is 2.32. The number of hydrogen-bond acceptors (Lipinski definition) is 6. The Balaban J connectivity index is 1.97. The molecule has 0 radical (unpaired) electrons. The summed E-state index contributed by atoms with van der Waals surface area (Å²) in [6.07, 6.45) is 1.50. The third kappa shape index (κ3) is 2.25. The minimum Gasteiger partial charge on any atom is -0.490 e. The van der Waals surface area contributed by atoms with Crippen LogP contribution in [0.2, 0.25) is 0 Å². The van der Waals surface area contributed by atoms with Gasteiger partial charge in [-0.25, -0.2) is 9.97 Å². The first-order chi connectivity index (χ1) is 9.81. The Morgan fingerprint density at radius 1 is 1.15 bits per heavy atom. The Labute approximate surface area is 120 Å². The van der Waals surface area contributed by atoms with Crippen LogP contribution < -0.4 is 15.4 Å². The second kappa shape index (κ2) is 5.34. The average Bonchev–Trinajstić information content (AvgIpc) is 2.94. The summed E-state index contributed by atoms with van der Waals surface area (Å²) in [6.45, 7) is 0. The van der Waals surface area contributed by atoms with Crippen LogP contribution >= 0.6 is 11.3 Å². The van der Waals surface area contributed by atoms with Crippen LogP contribution in [0.3, 0.4) is 0 Å². The summed E-state index contributed by atoms with van der Waals surface area (Å²) in [5.41, 5.74) is 0.968. The molecule has 5 nitrogen and oxygen atoms in total. The summed E-state index contributed by atoms with van der Waals surface area (Å²) in [4.78, 5) is 8.36. The Bertz CT molecular complexity index is 741. The van der Waals surface area contributed by atoms with Crippen LogP contribution in [0.1, 0.15) is 0 Å². The summed E-state index contributed by atoms with van der Waals surface area (Å²) in [5, 5.41) is 9.54. The fraction of sp³-hybridized carbons (Fsp3) is 0.143. The highest BCUT2D eigenvalue weighted by atomic mass is 32.1. The van der Waals surface area contributed by atoms with E-state index in [1.165, 1.54) is 16.4 Å². The zero-order chi connectivity index (χ0) is 13.9. The average molecular weight is 286 g/mol. The zero-order valence-electron chi connectivity index (χ0n) is 11.2. The van der Waals surface area contributed by atoms with Gasteiger partial charge in [-0.3, -0.25) is 0 Å². The van der Waals surface area contributed by atoms with Crippen LogP contribution in [0.4, 0.5) is 17.3 Å². The smallest absolute Gasteiger partial charge is 0.204 e. The van der Waals surface area contributed by atoms with Crippen LogP contribution in [-0.4, -0.2) is 24.1 Å². The molecule has 0 aliphatic rings. The van der Waals surface area contributed by atoms with E-state index in [0.717, 1.165) is 5.69 Å². The minimum absolute atomic E-state index is 0.598. The minimum atomic E-state index is 0.598. The van der Waals surface area contributed by atoms with Gasteiger partial charge < -0.3 is 15.4 Å². The highest BCUT2D eigenvalue weighted by molar-refractivity contribution is 7.17. The summed E-state index contributed by atoms with van der Waals surface area (Å²) >= 11 is 1.73. The third-order valence-electron chi connectivity index (χ3n) is 2.96. The van der Waals surface area contributed by atoms with Crippen molar-refractivity contribution in [1.82, 2.24) is 9.97 Å². The van der Waals surface area contributed by atoms with Crippen molar-refractivity contribution in [1.29, 1.82) is 0 Å². The molecule has 0 bridgehead atoms. The van der Waals surface area contributed by atoms with Gasteiger partial charge in [0.25, 0.3) is 0 Å². The van der Waals surface area contributed by atoms with E-state index in [1.807, 2.05) is 6.07 Å². The van der Waals surface area contributed by atoms with E-state index in [1.54, 1.807) is 25.5 Å². The molecule has 0 unspecified atom stereocenters. The summed E-state index contributed by atoms with van der Waals surface area (Å²) < 4.78 is 6.63. The van der Waals surface area contributed by atoms with Gasteiger partial charge in [0, 0.05) is 17.4 Å². The highest BCUT2D eigenvalue weighted by Gasteiger charge is 2.11. The lowest BCUT2D eigenvalue weighted by Crippen LogP contribution is -2.03. The molecule has 0 spiro atoms. The van der Waals surface area contributed by atoms with Crippen LogP contribution in [-0.2, 0) is 0 Å². The van der Waals surface area contributed by atoms with Crippen LogP contribution in [0, 0.1) is 0 Å². The first-order valence-corrected chi connectivity index (χ1v) is 7.01. The van der Waals surface area contributed by atoms with Crippen molar-refractivity contribution >= 4 is 38.7 Å². The number of nitrogens with zero attached hydrogens (tertiary/aromatic N) is 2. The van der Waals surface area contributed by atoms with Crippen molar-refractivity contribution in [3.05, 3.63) is 36.0 Å². The number of nitrogens with one attached hydrogen (secondary N) is 2. The van der Waals surface area contributed by atoms with E-state index < -0.39 is 0 Å². The van der Waals surface area contributed by atoms with Gasteiger partial charge in [-0.05, 0) is 35.0 Å². The number of ether oxygens (including phenoxy) is 1. The maximum Gasteiger partial charge on any atom is 0.204 e. The molecule has 3 aromatic rings. The molecule has 0 aliphatic heterocycles. The molecular weight excluding hydrogens is 272 g/mol. The molecule has 2 N–H and O–H groups in total. The topological polar surface area (TPSA) is 59.1 Å². The number of fused-ring (bicyclic) bond motifs is 1. The second-order valence-electron chi connectivity index (χ2n) is 4.15. The number of aromatic nitrogens is 2. The maximum absolute atomic E-state index is 5.36. The quantitative estimate of drug-likeness (QED) is 0.769. The molecule has 1 aromatic carbocycles. The maximum atomic E-state index is 5.36. The van der Waals surface area contributed by atoms with Crippen LogP contribution in [0.25, 0.3) is 10.1 Å². The van der Waals surface area contributed by atoms with Gasteiger partial charge in [-0.15, -0.1) is 11.3 Å². The fourth-order valence-corrected chi connectivity index (χ4v) is 2.79. The van der Waals surface area contributed by atoms with Gasteiger partial charge in [-0.2, -0.15) is 0 Å². The SMILES string of the molecule is CNc1ncnc(Nc2ccc3sccc3c2)c1OC. The lowest BCUT2D eigenvalue weighted by atomic mass is 10.2. The summed E-state index contributed by atoms with van der Waals surface area (Å²) in [6, 6.07) is 8.31. The van der Waals surface area contributed by atoms with E-state index >= 15 is 0 Å². The van der Waals surface area contributed by atoms with Crippen molar-refractivity contribution in [2.75, 3.05) is 24.8 Å². The molecule has 0 aliphatic carbocycles. The van der Waals surface area contributed by atoms with Gasteiger partial charge >= 0.3 is 0 Å². The zero-order valence-corrected chi connectivity index (χ0v) is 12.0. The van der Waals surface area contributed by atoms with E-state index in [0.29, 0.717) is 17.4 Å². The van der Waals surface area contributed by atoms with E-state index in [2.05, 4.69) is 44.2 Å². The number of methoxy groups -OCH3 is 1. The molecule has 0 amide bonds. The predicted molar refractivity (Wildman–Crippen MR) is 83.2 cm³/mol. The molecule has 0 fully saturated rings. The largest absolute Gasteiger partial charge is 0.490 e. The molecule has 0 saturated carbocycles. The Morgan fingerprint density at radius 3 is 2.80 bits per heavy atom. The number of anilines is 3. The van der Waals surface area contributed by atoms with Crippen molar-refractivity contribution in [2.24, 2.45) is 0 Å². The summed E-state index contributed by atoms with van der Waals surface area (Å²) in [7, 11) is 3.40. The standard InChI is InChI=1S/C14H14N4OS/c1-15-13-12(19-2)14(17-8-16-13)18-10-3-4-11-9(7-10)5-6-20-11/h3-8H,1-2H3,(H2,15,16,17,18). The second-order valence-corrected chi connectivity index (χ2v) is 5.10. The molecule has 102 valence electrons. The van der Waals surface area contributed by atoms with Crippen molar-refractivity contribution < 1.29 is 4.74 Å². The van der Waals surface area contributed by atoms with Gasteiger partial charge in [0.15, 0.2) is 11.6 Å². The number of rotatable bonds is 4. The van der Waals surface area contributed by atoms with Gasteiger partial charge in [0.2, 0.25) is 5.75 Å². The Morgan fingerprint density at radius 2 is 2.00 bits per heavy atom. The lowest BCUT2D eigenvalue weighted by molar-refractivity contribution is 0.415. The van der Waals surface area contributed by atoms with Crippen LogP contribution in [0.5, 0.6) is 5.75 Å². The molecule has 0 atom stereocenters. The van der Waals surface area contributed by atoms with Gasteiger partial charge in [-0.1, -0.05) is 0 Å². The van der Waals surface area contributed by atoms with Crippen molar-refractivity contribution in [3.63, 3.8) is 0 Å². The number of hydrogen-bond donors (Lipinski definition) is 2.